The Balaban J connectivity index is 2.00. The van der Waals surface area contributed by atoms with Crippen LogP contribution in [0.15, 0.2) is 36.4 Å². The smallest absolute Gasteiger partial charge is 0.179 e. The van der Waals surface area contributed by atoms with Gasteiger partial charge in [-0.05, 0) is 35.4 Å². The van der Waals surface area contributed by atoms with Crippen molar-refractivity contribution < 1.29 is 13.9 Å². The Morgan fingerprint density at radius 1 is 1.00 bits per heavy atom. The van der Waals surface area contributed by atoms with Crippen molar-refractivity contribution in [3.8, 4) is 11.5 Å². The molecule has 0 unspecified atom stereocenters. The van der Waals surface area contributed by atoms with Gasteiger partial charge in [-0.1, -0.05) is 23.7 Å². The number of nitrogens with one attached hydrogen (secondary N) is 1. The van der Waals surface area contributed by atoms with Crippen molar-refractivity contribution in [3.63, 3.8) is 0 Å². The first-order valence-electron chi connectivity index (χ1n) is 6.49. The lowest BCUT2D eigenvalue weighted by atomic mass is 10.2. The van der Waals surface area contributed by atoms with Crippen molar-refractivity contribution >= 4 is 11.6 Å². The van der Waals surface area contributed by atoms with Crippen LogP contribution in [0.2, 0.25) is 5.02 Å². The highest BCUT2D eigenvalue weighted by atomic mass is 35.5. The number of hydrogen-bond donors (Lipinski definition) is 1. The van der Waals surface area contributed by atoms with Gasteiger partial charge in [-0.2, -0.15) is 0 Å². The van der Waals surface area contributed by atoms with Crippen molar-refractivity contribution in [2.45, 2.75) is 13.1 Å². The number of halogens is 2. The van der Waals surface area contributed by atoms with E-state index in [-0.39, 0.29) is 5.82 Å². The zero-order valence-corrected chi connectivity index (χ0v) is 12.7. The second-order valence-electron chi connectivity index (χ2n) is 4.54. The number of methoxy groups -OCH3 is 2. The maximum atomic E-state index is 12.8. The van der Waals surface area contributed by atoms with Crippen molar-refractivity contribution in [1.82, 2.24) is 5.32 Å². The zero-order chi connectivity index (χ0) is 15.2. The summed E-state index contributed by atoms with van der Waals surface area (Å²) in [5, 5.41) is 3.79. The molecule has 0 atom stereocenters. The van der Waals surface area contributed by atoms with E-state index in [2.05, 4.69) is 5.32 Å². The first-order valence-corrected chi connectivity index (χ1v) is 6.87. The Morgan fingerprint density at radius 3 is 2.29 bits per heavy atom. The Kier molecular flexibility index (Phi) is 5.42. The lowest BCUT2D eigenvalue weighted by Gasteiger charge is -2.12. The van der Waals surface area contributed by atoms with E-state index in [4.69, 9.17) is 21.1 Å². The van der Waals surface area contributed by atoms with Crippen LogP contribution in [-0.2, 0) is 13.1 Å². The SMILES string of the molecule is COc1cc(CNCc2ccc(F)cc2)cc(Cl)c1OC. The monoisotopic (exact) mass is 309 g/mol. The second kappa shape index (κ2) is 7.29. The third kappa shape index (κ3) is 4.09. The van der Waals surface area contributed by atoms with Gasteiger partial charge in [-0.25, -0.2) is 4.39 Å². The quantitative estimate of drug-likeness (QED) is 0.880. The van der Waals surface area contributed by atoms with Crippen LogP contribution in [0.4, 0.5) is 4.39 Å². The zero-order valence-electron chi connectivity index (χ0n) is 12.0. The minimum Gasteiger partial charge on any atom is -0.493 e. The Labute approximate surface area is 128 Å². The molecular weight excluding hydrogens is 293 g/mol. The third-order valence-electron chi connectivity index (χ3n) is 3.06. The molecule has 0 aromatic heterocycles. The standard InChI is InChI=1S/C16H17ClFNO2/c1-20-15-8-12(7-14(17)16(15)21-2)10-19-9-11-3-5-13(18)6-4-11/h3-8,19H,9-10H2,1-2H3. The molecule has 2 rings (SSSR count). The summed E-state index contributed by atoms with van der Waals surface area (Å²) in [5.74, 6) is 0.899. The fourth-order valence-electron chi connectivity index (χ4n) is 2.03. The normalized spacial score (nSPS) is 10.5. The molecule has 1 N–H and O–H groups in total. The largest absolute Gasteiger partial charge is 0.493 e. The van der Waals surface area contributed by atoms with Crippen molar-refractivity contribution in [2.24, 2.45) is 0 Å². The topological polar surface area (TPSA) is 30.5 Å². The van der Waals surface area contributed by atoms with Crippen LogP contribution in [0.25, 0.3) is 0 Å². The molecule has 2 aromatic rings. The number of hydrogen-bond acceptors (Lipinski definition) is 3. The molecule has 0 saturated carbocycles. The predicted molar refractivity (Wildman–Crippen MR) is 81.5 cm³/mol. The molecule has 0 bridgehead atoms. The van der Waals surface area contributed by atoms with Gasteiger partial charge in [0.05, 0.1) is 19.2 Å². The molecule has 21 heavy (non-hydrogen) atoms. The van der Waals surface area contributed by atoms with Gasteiger partial charge in [0.15, 0.2) is 11.5 Å². The summed E-state index contributed by atoms with van der Waals surface area (Å²) in [5.41, 5.74) is 2.00. The molecular formula is C16H17ClFNO2. The summed E-state index contributed by atoms with van der Waals surface area (Å²) < 4.78 is 23.3. The maximum Gasteiger partial charge on any atom is 0.179 e. The van der Waals surface area contributed by atoms with Gasteiger partial charge in [0.1, 0.15) is 5.82 Å². The van der Waals surface area contributed by atoms with Gasteiger partial charge in [-0.3, -0.25) is 0 Å². The van der Waals surface area contributed by atoms with Gasteiger partial charge >= 0.3 is 0 Å². The van der Waals surface area contributed by atoms with Crippen LogP contribution in [0.5, 0.6) is 11.5 Å². The van der Waals surface area contributed by atoms with Crippen LogP contribution in [0.1, 0.15) is 11.1 Å². The molecule has 0 aliphatic carbocycles. The van der Waals surface area contributed by atoms with Gasteiger partial charge in [-0.15, -0.1) is 0 Å². The van der Waals surface area contributed by atoms with Crippen LogP contribution >= 0.6 is 11.6 Å². The number of ether oxygens (including phenoxy) is 2. The lowest BCUT2D eigenvalue weighted by Crippen LogP contribution is -2.12. The molecule has 0 spiro atoms. The fourth-order valence-corrected chi connectivity index (χ4v) is 2.34. The minimum atomic E-state index is -0.231. The van der Waals surface area contributed by atoms with Gasteiger partial charge < -0.3 is 14.8 Å². The molecule has 5 heteroatoms. The summed E-state index contributed by atoms with van der Waals surface area (Å²) in [4.78, 5) is 0. The summed E-state index contributed by atoms with van der Waals surface area (Å²) in [6.07, 6.45) is 0. The van der Waals surface area contributed by atoms with E-state index in [1.54, 1.807) is 26.4 Å². The van der Waals surface area contributed by atoms with E-state index in [0.29, 0.717) is 29.6 Å². The van der Waals surface area contributed by atoms with Crippen LogP contribution in [0.3, 0.4) is 0 Å². The average Bonchev–Trinajstić information content (AvgIpc) is 2.48. The van der Waals surface area contributed by atoms with Crippen LogP contribution in [-0.4, -0.2) is 14.2 Å². The van der Waals surface area contributed by atoms with E-state index in [0.717, 1.165) is 11.1 Å². The van der Waals surface area contributed by atoms with Crippen LogP contribution in [0, 0.1) is 5.82 Å². The molecule has 0 aliphatic heterocycles. The van der Waals surface area contributed by atoms with E-state index in [9.17, 15) is 4.39 Å². The van der Waals surface area contributed by atoms with E-state index >= 15 is 0 Å². The first-order chi connectivity index (χ1) is 10.1. The second-order valence-corrected chi connectivity index (χ2v) is 4.95. The molecule has 0 amide bonds. The Morgan fingerprint density at radius 2 is 1.67 bits per heavy atom. The summed E-state index contributed by atoms with van der Waals surface area (Å²) in [6, 6.07) is 10.1. The molecule has 0 aliphatic rings. The Bertz CT molecular complexity index is 602. The molecule has 3 nitrogen and oxygen atoms in total. The van der Waals surface area contributed by atoms with Crippen molar-refractivity contribution in [3.05, 3.63) is 58.4 Å². The lowest BCUT2D eigenvalue weighted by molar-refractivity contribution is 0.354. The Hall–Kier alpha value is -1.78. The highest BCUT2D eigenvalue weighted by Gasteiger charge is 2.10. The maximum absolute atomic E-state index is 12.8. The van der Waals surface area contributed by atoms with E-state index in [1.165, 1.54) is 12.1 Å². The van der Waals surface area contributed by atoms with Gasteiger partial charge in [0.2, 0.25) is 0 Å². The molecule has 0 saturated heterocycles. The van der Waals surface area contributed by atoms with Crippen molar-refractivity contribution in [2.75, 3.05) is 14.2 Å². The van der Waals surface area contributed by atoms with Gasteiger partial charge in [0.25, 0.3) is 0 Å². The molecule has 0 fully saturated rings. The predicted octanol–water partition coefficient (Wildman–Crippen LogP) is 3.79. The fraction of sp³-hybridized carbons (Fsp3) is 0.250. The number of benzene rings is 2. The minimum absolute atomic E-state index is 0.231. The van der Waals surface area contributed by atoms with Gasteiger partial charge in [0, 0.05) is 13.1 Å². The highest BCUT2D eigenvalue weighted by molar-refractivity contribution is 6.32. The van der Waals surface area contributed by atoms with Crippen LogP contribution < -0.4 is 14.8 Å². The number of rotatable bonds is 6. The summed E-state index contributed by atoms with van der Waals surface area (Å²) >= 11 is 6.15. The van der Waals surface area contributed by atoms with Crippen molar-refractivity contribution in [1.29, 1.82) is 0 Å². The molecule has 0 heterocycles. The average molecular weight is 310 g/mol. The first kappa shape index (κ1) is 15.6. The third-order valence-corrected chi connectivity index (χ3v) is 3.35. The van der Waals surface area contributed by atoms with E-state index < -0.39 is 0 Å². The molecule has 0 radical (unpaired) electrons. The summed E-state index contributed by atoms with van der Waals surface area (Å²) in [6.45, 7) is 1.27. The molecule has 112 valence electrons. The highest BCUT2D eigenvalue weighted by Crippen LogP contribution is 2.35. The van der Waals surface area contributed by atoms with E-state index in [1.807, 2.05) is 12.1 Å². The molecule has 2 aromatic carbocycles. The summed E-state index contributed by atoms with van der Waals surface area (Å²) in [7, 11) is 3.13.